The second kappa shape index (κ2) is 8.02. The predicted molar refractivity (Wildman–Crippen MR) is 342 cm³/mol. The number of hydrogen-bond donors (Lipinski definition) is 0. The van der Waals surface area contributed by atoms with Gasteiger partial charge in [-0.1, -0.05) is 35.4 Å². The zero-order valence-corrected chi connectivity index (χ0v) is 42.8. The molecule has 0 fully saturated rings. The SMILES string of the molecule is CC(=O)Sc1ccc(C#Cc2ccc(C#CC34c5c6c7c8c9c%10c(c%11c%12c3c3c5c5c%13c6c6c7c7c9c9c%14c%10c%10c%11c%11c%12c%12c3c3c5c5c%13c%13c6c6c7c9c7c9c%14c%10c%10c%11c%11c%12c3c3c5c5c%13c6c7c6c9c%10c%11c3c56)C84C)cc2)cc1. The molecule has 0 unspecified atom stereocenters. The minimum absolute atomic E-state index is 0.0909. The quantitative estimate of drug-likeness (QED) is 0.0926. The first-order valence-electron chi connectivity index (χ1n) is 29.3. The maximum atomic E-state index is 11.8. The molecule has 34 rings (SSSR count). The molecule has 0 amide bonds. The fraction of sp³-hybridized carbons (Fsp3) is 0.0506. The van der Waals surface area contributed by atoms with Crippen LogP contribution in [0.3, 0.4) is 0 Å². The number of benzene rings is 20. The lowest BCUT2D eigenvalue weighted by Gasteiger charge is -2.49. The van der Waals surface area contributed by atoms with Crippen molar-refractivity contribution in [1.29, 1.82) is 0 Å². The Morgan fingerprint density at radius 2 is 0.457 bits per heavy atom. The van der Waals surface area contributed by atoms with Crippen LogP contribution in [-0.2, 0) is 15.6 Å². The van der Waals surface area contributed by atoms with Crippen molar-refractivity contribution in [2.45, 2.75) is 29.6 Å². The molecular formula is C79H14OS. The van der Waals surface area contributed by atoms with E-state index < -0.39 is 10.8 Å². The van der Waals surface area contributed by atoms with Gasteiger partial charge in [-0.05, 0) is 369 Å². The molecule has 4 aliphatic carbocycles. The van der Waals surface area contributed by atoms with Crippen LogP contribution in [0.15, 0.2) is 53.4 Å². The number of thioether (sulfide) groups is 1. The summed E-state index contributed by atoms with van der Waals surface area (Å²) in [5.74, 6) is 15.7. The van der Waals surface area contributed by atoms with Crippen LogP contribution >= 0.6 is 11.8 Å². The van der Waals surface area contributed by atoms with E-state index in [2.05, 4.69) is 54.9 Å². The molecule has 0 saturated carbocycles. The lowest BCUT2D eigenvalue weighted by Crippen LogP contribution is -2.49. The van der Waals surface area contributed by atoms with E-state index in [0.717, 1.165) is 21.6 Å². The summed E-state index contributed by atoms with van der Waals surface area (Å²) in [5.41, 5.74) is 8.25. The van der Waals surface area contributed by atoms with E-state index in [1.807, 2.05) is 24.3 Å². The van der Waals surface area contributed by atoms with Crippen LogP contribution in [0.4, 0.5) is 0 Å². The highest BCUT2D eigenvalue weighted by Gasteiger charge is 2.68. The van der Waals surface area contributed by atoms with Crippen molar-refractivity contribution >= 4 is 308 Å². The third-order valence-electron chi connectivity index (χ3n) is 26.5. The number of hydrogen-bond acceptors (Lipinski definition) is 2. The van der Waals surface area contributed by atoms with Crippen LogP contribution in [0.1, 0.15) is 52.8 Å². The molecule has 81 heavy (non-hydrogen) atoms. The molecule has 0 atom stereocenters. The number of carbonyl (C=O) groups is 1. The van der Waals surface area contributed by atoms with E-state index in [-0.39, 0.29) is 5.12 Å². The maximum Gasteiger partial charge on any atom is 0.190 e. The maximum absolute atomic E-state index is 11.8. The molecule has 4 aliphatic rings. The largest absolute Gasteiger partial charge is 0.287 e. The fourth-order valence-corrected chi connectivity index (χ4v) is 26.2. The van der Waals surface area contributed by atoms with Gasteiger partial charge in [-0.15, -0.1) is 0 Å². The zero-order chi connectivity index (χ0) is 49.6. The van der Waals surface area contributed by atoms with Gasteiger partial charge in [-0.2, -0.15) is 0 Å². The van der Waals surface area contributed by atoms with Gasteiger partial charge in [0.05, 0.1) is 5.41 Å². The second-order valence-corrected chi connectivity index (χ2v) is 29.1. The Labute approximate surface area is 450 Å². The van der Waals surface area contributed by atoms with Crippen LogP contribution in [0.5, 0.6) is 0 Å². The van der Waals surface area contributed by atoms with Gasteiger partial charge >= 0.3 is 0 Å². The third kappa shape index (κ3) is 2.05. The molecule has 342 valence electrons. The minimum Gasteiger partial charge on any atom is -0.287 e. The first-order valence-corrected chi connectivity index (χ1v) is 30.1. The molecule has 0 bridgehead atoms. The predicted octanol–water partition coefficient (Wildman–Crippen LogP) is 20.4. The average molecular weight is 1010 g/mol. The normalized spacial score (nSPS) is 20.0. The molecule has 30 aromatic rings. The van der Waals surface area contributed by atoms with Gasteiger partial charge < -0.3 is 0 Å². The monoisotopic (exact) mass is 1010 g/mol. The summed E-state index contributed by atoms with van der Waals surface area (Å²) in [4.78, 5) is 12.7. The Bertz CT molecular complexity index is 7990. The van der Waals surface area contributed by atoms with Gasteiger partial charge in [-0.25, -0.2) is 0 Å². The lowest BCUT2D eigenvalue weighted by molar-refractivity contribution is -0.109. The van der Waals surface area contributed by atoms with Crippen molar-refractivity contribution in [2.24, 2.45) is 0 Å². The molecular weight excluding hydrogens is 997 g/mol. The van der Waals surface area contributed by atoms with E-state index in [1.54, 1.807) is 320 Å². The van der Waals surface area contributed by atoms with E-state index in [1.165, 1.54) is 11.8 Å². The number of rotatable bonds is 1. The van der Waals surface area contributed by atoms with Crippen LogP contribution in [0.25, 0.3) is 291 Å². The molecule has 0 aliphatic heterocycles. The summed E-state index contributed by atoms with van der Waals surface area (Å²) in [6.45, 7) is 4.39. The summed E-state index contributed by atoms with van der Waals surface area (Å²) in [6.07, 6.45) is 0. The first kappa shape index (κ1) is 32.8. The van der Waals surface area contributed by atoms with Crippen molar-refractivity contribution < 1.29 is 4.79 Å². The molecule has 0 radical (unpaired) electrons. The zero-order valence-electron chi connectivity index (χ0n) is 41.9. The third-order valence-corrected chi connectivity index (χ3v) is 27.3. The molecule has 0 N–H and O–H groups in total. The number of carbonyl (C=O) groups excluding carboxylic acids is 1. The Morgan fingerprint density at radius 3 is 0.679 bits per heavy atom. The minimum atomic E-state index is -0.649. The van der Waals surface area contributed by atoms with E-state index in [0.29, 0.717) is 0 Å². The van der Waals surface area contributed by atoms with Crippen LogP contribution < -0.4 is 0 Å². The Hall–Kier alpha value is -9.96. The van der Waals surface area contributed by atoms with Gasteiger partial charge in [0, 0.05) is 33.9 Å². The Balaban J connectivity index is 0.913. The summed E-state index contributed by atoms with van der Waals surface area (Å²) >= 11 is 1.26. The van der Waals surface area contributed by atoms with Crippen LogP contribution in [-0.4, -0.2) is 5.12 Å². The molecule has 0 spiro atoms. The van der Waals surface area contributed by atoms with Gasteiger partial charge in [0.25, 0.3) is 0 Å². The van der Waals surface area contributed by atoms with Crippen molar-refractivity contribution in [3.05, 3.63) is 87.5 Å². The topological polar surface area (TPSA) is 17.1 Å². The standard InChI is InChI=1S/C79H14OS/c1-15(80)81-19-11-9-17(10-12-19)4-3-16-5-7-18(8-6-16)13-14-79-76-70-64-54-42-34-26-22-20-21-24-28(26)36(42)46-40-32(24)33-25(21)29-27-23(20)31-30(22)38-44(34)52-58-48(38)49-39(31)45-35(27)43-37(29)47-41(33)51-50(40)62(56(46)64)72(76)73-63(51)57(47)65-55(43)61-53(45)59(49)67-66(58)74(68(70)60(52)54)78(79,2)75(67)69(61)71(65)77(73)79/h5-12H,1-2H3. The van der Waals surface area contributed by atoms with Gasteiger partial charge in [0.2, 0.25) is 0 Å². The molecule has 30 aromatic carbocycles. The highest BCUT2D eigenvalue weighted by atomic mass is 32.2. The van der Waals surface area contributed by atoms with Gasteiger partial charge in [0.15, 0.2) is 5.12 Å². The fourth-order valence-electron chi connectivity index (χ4n) is 25.6. The highest BCUT2D eigenvalue weighted by molar-refractivity contribution is 8.13. The van der Waals surface area contributed by atoms with Crippen molar-refractivity contribution in [3.8, 4) is 23.7 Å². The Morgan fingerprint density at radius 1 is 0.272 bits per heavy atom. The summed E-state index contributed by atoms with van der Waals surface area (Å²) in [6, 6.07) is 16.9. The molecule has 0 saturated heterocycles. The van der Waals surface area contributed by atoms with Gasteiger partial charge in [0.1, 0.15) is 0 Å². The van der Waals surface area contributed by atoms with E-state index in [9.17, 15) is 4.79 Å². The Kier molecular flexibility index (Phi) is 3.25. The second-order valence-electron chi connectivity index (χ2n) is 27.8. The molecule has 2 heteroatoms. The van der Waals surface area contributed by atoms with Crippen LogP contribution in [0, 0.1) is 23.7 Å². The summed E-state index contributed by atoms with van der Waals surface area (Å²) in [5, 5.41) is 87.1. The van der Waals surface area contributed by atoms with Crippen molar-refractivity contribution in [1.82, 2.24) is 0 Å². The van der Waals surface area contributed by atoms with Crippen molar-refractivity contribution in [3.63, 3.8) is 0 Å². The molecule has 0 aromatic heterocycles. The van der Waals surface area contributed by atoms with Gasteiger partial charge in [-0.3, -0.25) is 4.79 Å². The van der Waals surface area contributed by atoms with E-state index >= 15 is 0 Å². The molecule has 0 heterocycles. The summed E-state index contributed by atoms with van der Waals surface area (Å²) < 4.78 is 0. The highest BCUT2D eigenvalue weighted by Crippen LogP contribution is 2.84. The van der Waals surface area contributed by atoms with Crippen LogP contribution in [0.2, 0.25) is 0 Å². The lowest BCUT2D eigenvalue weighted by atomic mass is 9.49. The summed E-state index contributed by atoms with van der Waals surface area (Å²) in [7, 11) is 0. The van der Waals surface area contributed by atoms with E-state index in [4.69, 9.17) is 0 Å². The smallest absolute Gasteiger partial charge is 0.190 e. The molecule has 1 nitrogen and oxygen atoms in total. The van der Waals surface area contributed by atoms with Crippen molar-refractivity contribution in [2.75, 3.05) is 0 Å². The average Bonchev–Trinajstić information content (AvgIpc) is 1.43. The first-order chi connectivity index (χ1) is 40.1.